The summed E-state index contributed by atoms with van der Waals surface area (Å²) in [6, 6.07) is 3.30. The predicted octanol–water partition coefficient (Wildman–Crippen LogP) is 3.57. The number of carbonyl (C=O) groups excluding carboxylic acids is 1. The van der Waals surface area contributed by atoms with Gasteiger partial charge >= 0.3 is 0 Å². The molecule has 98 valence electrons. The molecule has 2 rings (SSSR count). The summed E-state index contributed by atoms with van der Waals surface area (Å²) in [5.74, 6) is 0.382. The average Bonchev–Trinajstić information content (AvgIpc) is 3.13. The zero-order valence-electron chi connectivity index (χ0n) is 10.7. The van der Waals surface area contributed by atoms with Crippen LogP contribution in [-0.4, -0.2) is 19.9 Å². The van der Waals surface area contributed by atoms with Crippen molar-refractivity contribution in [1.82, 2.24) is 0 Å². The van der Waals surface area contributed by atoms with Gasteiger partial charge in [-0.1, -0.05) is 0 Å². The van der Waals surface area contributed by atoms with E-state index in [1.54, 1.807) is 6.07 Å². The number of carbonyl (C=O) groups is 1. The Morgan fingerprint density at radius 2 is 2.11 bits per heavy atom. The van der Waals surface area contributed by atoms with Gasteiger partial charge in [0.2, 0.25) is 0 Å². The highest BCUT2D eigenvalue weighted by Gasteiger charge is 2.28. The summed E-state index contributed by atoms with van der Waals surface area (Å²) in [6.45, 7) is 0. The third-order valence-electron chi connectivity index (χ3n) is 3.28. The number of ketones is 1. The molecule has 1 aromatic rings. The van der Waals surface area contributed by atoms with Gasteiger partial charge in [0.25, 0.3) is 0 Å². The number of anilines is 1. The summed E-state index contributed by atoms with van der Waals surface area (Å²) in [7, 11) is 3.77. The second-order valence-corrected chi connectivity index (χ2v) is 5.88. The van der Waals surface area contributed by atoms with Crippen LogP contribution in [0.4, 0.5) is 10.1 Å². The van der Waals surface area contributed by atoms with Gasteiger partial charge in [-0.2, -0.15) is 0 Å². The van der Waals surface area contributed by atoms with Gasteiger partial charge in [-0.25, -0.2) is 4.39 Å². The third-order valence-corrected chi connectivity index (χ3v) is 3.88. The lowest BCUT2D eigenvalue weighted by molar-refractivity contribution is -0.120. The molecule has 1 aliphatic rings. The number of aryl methyl sites for hydroxylation is 1. The Labute approximate surface area is 115 Å². The van der Waals surface area contributed by atoms with Crippen molar-refractivity contribution in [2.75, 3.05) is 19.0 Å². The standard InChI is InChI=1S/C14H17BrFNO/c1-17(2)13-8-12(16)11(15)7-10(13)5-6-14(18)9-3-4-9/h7-9H,3-6H2,1-2H3. The van der Waals surface area contributed by atoms with Crippen LogP contribution in [0.1, 0.15) is 24.8 Å². The van der Waals surface area contributed by atoms with Crippen LogP contribution in [0.5, 0.6) is 0 Å². The maximum absolute atomic E-state index is 13.5. The smallest absolute Gasteiger partial charge is 0.139 e. The Morgan fingerprint density at radius 1 is 1.44 bits per heavy atom. The van der Waals surface area contributed by atoms with Gasteiger partial charge in [0.1, 0.15) is 11.6 Å². The Hall–Kier alpha value is -0.900. The molecule has 1 fully saturated rings. The van der Waals surface area contributed by atoms with Gasteiger partial charge in [0.15, 0.2) is 0 Å². The van der Waals surface area contributed by atoms with Crippen LogP contribution in [0.25, 0.3) is 0 Å². The first-order chi connectivity index (χ1) is 8.49. The number of Topliss-reactive ketones (excluding diaryl/α,β-unsaturated/α-hetero) is 1. The van der Waals surface area contributed by atoms with E-state index in [1.807, 2.05) is 19.0 Å². The normalized spacial score (nSPS) is 14.7. The van der Waals surface area contributed by atoms with Crippen LogP contribution in [-0.2, 0) is 11.2 Å². The fourth-order valence-electron chi connectivity index (χ4n) is 2.06. The van der Waals surface area contributed by atoms with E-state index in [2.05, 4.69) is 15.9 Å². The minimum absolute atomic E-state index is 0.268. The van der Waals surface area contributed by atoms with Crippen molar-refractivity contribution in [3.63, 3.8) is 0 Å². The van der Waals surface area contributed by atoms with Crippen LogP contribution in [0.15, 0.2) is 16.6 Å². The van der Waals surface area contributed by atoms with Crippen LogP contribution >= 0.6 is 15.9 Å². The monoisotopic (exact) mass is 313 g/mol. The van der Waals surface area contributed by atoms with E-state index >= 15 is 0 Å². The fraction of sp³-hybridized carbons (Fsp3) is 0.500. The lowest BCUT2D eigenvalue weighted by atomic mass is 10.0. The summed E-state index contributed by atoms with van der Waals surface area (Å²) >= 11 is 3.20. The molecule has 18 heavy (non-hydrogen) atoms. The second-order valence-electron chi connectivity index (χ2n) is 5.03. The number of rotatable bonds is 5. The molecule has 0 radical (unpaired) electrons. The molecule has 4 heteroatoms. The van der Waals surface area contributed by atoms with Gasteiger partial charge in [-0.05, 0) is 52.9 Å². The Morgan fingerprint density at radius 3 is 2.67 bits per heavy atom. The zero-order valence-corrected chi connectivity index (χ0v) is 12.3. The van der Waals surface area contributed by atoms with Crippen molar-refractivity contribution in [2.24, 2.45) is 5.92 Å². The van der Waals surface area contributed by atoms with Gasteiger partial charge in [-0.3, -0.25) is 4.79 Å². The van der Waals surface area contributed by atoms with E-state index in [0.717, 1.165) is 24.1 Å². The summed E-state index contributed by atoms with van der Waals surface area (Å²) in [6.07, 6.45) is 3.34. The molecule has 1 aromatic carbocycles. The highest BCUT2D eigenvalue weighted by Crippen LogP contribution is 2.32. The highest BCUT2D eigenvalue weighted by molar-refractivity contribution is 9.10. The molecule has 0 unspecified atom stereocenters. The van der Waals surface area contributed by atoms with Gasteiger partial charge in [-0.15, -0.1) is 0 Å². The Kier molecular flexibility index (Phi) is 4.05. The van der Waals surface area contributed by atoms with E-state index in [-0.39, 0.29) is 5.82 Å². The Bertz CT molecular complexity index is 469. The van der Waals surface area contributed by atoms with E-state index in [0.29, 0.717) is 29.0 Å². The zero-order chi connectivity index (χ0) is 13.3. The largest absolute Gasteiger partial charge is 0.377 e. The van der Waals surface area contributed by atoms with Crippen molar-refractivity contribution < 1.29 is 9.18 Å². The number of benzene rings is 1. The van der Waals surface area contributed by atoms with Crippen molar-refractivity contribution in [2.45, 2.75) is 25.7 Å². The molecule has 0 bridgehead atoms. The maximum atomic E-state index is 13.5. The summed E-state index contributed by atoms with van der Waals surface area (Å²) in [5, 5.41) is 0. The molecular formula is C14H17BrFNO. The molecule has 0 amide bonds. The van der Waals surface area contributed by atoms with E-state index in [4.69, 9.17) is 0 Å². The van der Waals surface area contributed by atoms with Crippen molar-refractivity contribution in [3.8, 4) is 0 Å². The third kappa shape index (κ3) is 3.10. The van der Waals surface area contributed by atoms with Crippen LogP contribution < -0.4 is 4.90 Å². The van der Waals surface area contributed by atoms with E-state index < -0.39 is 0 Å². The van der Waals surface area contributed by atoms with Gasteiger partial charge in [0, 0.05) is 32.1 Å². The molecule has 1 aliphatic carbocycles. The average molecular weight is 314 g/mol. The topological polar surface area (TPSA) is 20.3 Å². The minimum atomic E-state index is -0.268. The molecule has 0 aliphatic heterocycles. The predicted molar refractivity (Wildman–Crippen MR) is 74.5 cm³/mol. The number of hydrogen-bond donors (Lipinski definition) is 0. The quantitative estimate of drug-likeness (QED) is 0.828. The molecule has 1 saturated carbocycles. The molecule has 2 nitrogen and oxygen atoms in total. The van der Waals surface area contributed by atoms with Gasteiger partial charge in [0.05, 0.1) is 4.47 Å². The number of nitrogens with zero attached hydrogens (tertiary/aromatic N) is 1. The lowest BCUT2D eigenvalue weighted by Gasteiger charge is -2.18. The summed E-state index contributed by atoms with van der Waals surface area (Å²) in [4.78, 5) is 13.6. The fourth-order valence-corrected chi connectivity index (χ4v) is 2.45. The van der Waals surface area contributed by atoms with Crippen molar-refractivity contribution >= 4 is 27.4 Å². The summed E-state index contributed by atoms with van der Waals surface area (Å²) in [5.41, 5.74) is 1.86. The van der Waals surface area contributed by atoms with Crippen LogP contribution in [0, 0.1) is 11.7 Å². The van der Waals surface area contributed by atoms with Gasteiger partial charge < -0.3 is 4.90 Å². The van der Waals surface area contributed by atoms with Crippen molar-refractivity contribution in [1.29, 1.82) is 0 Å². The molecule has 0 N–H and O–H groups in total. The molecular weight excluding hydrogens is 297 g/mol. The lowest BCUT2D eigenvalue weighted by Crippen LogP contribution is -2.13. The van der Waals surface area contributed by atoms with Crippen molar-refractivity contribution in [3.05, 3.63) is 28.0 Å². The number of hydrogen-bond acceptors (Lipinski definition) is 2. The van der Waals surface area contributed by atoms with Crippen LogP contribution in [0.2, 0.25) is 0 Å². The first-order valence-electron chi connectivity index (χ1n) is 6.17. The Balaban J connectivity index is 2.14. The number of halogens is 2. The molecule has 0 aromatic heterocycles. The highest BCUT2D eigenvalue weighted by atomic mass is 79.9. The minimum Gasteiger partial charge on any atom is -0.377 e. The first-order valence-corrected chi connectivity index (χ1v) is 6.96. The maximum Gasteiger partial charge on any atom is 0.139 e. The molecule has 0 atom stereocenters. The SMILES string of the molecule is CN(C)c1cc(F)c(Br)cc1CCC(=O)C1CC1. The molecule has 0 heterocycles. The van der Waals surface area contributed by atoms with E-state index in [9.17, 15) is 9.18 Å². The second kappa shape index (κ2) is 5.39. The van der Waals surface area contributed by atoms with Crippen LogP contribution in [0.3, 0.4) is 0 Å². The molecule has 0 spiro atoms. The summed E-state index contributed by atoms with van der Waals surface area (Å²) < 4.78 is 14.0. The first kappa shape index (κ1) is 13.5. The van der Waals surface area contributed by atoms with E-state index in [1.165, 1.54) is 6.07 Å². The molecule has 0 saturated heterocycles.